The van der Waals surface area contributed by atoms with Crippen LogP contribution in [0.2, 0.25) is 15.1 Å². The molecule has 0 aromatic heterocycles. The molecule has 1 N–H and O–H groups in total. The van der Waals surface area contributed by atoms with Gasteiger partial charge in [0, 0.05) is 11.3 Å². The molecule has 2 aromatic carbocycles. The molecule has 0 aliphatic carbocycles. The van der Waals surface area contributed by atoms with Crippen LogP contribution >= 0.6 is 34.8 Å². The molecule has 116 valence electrons. The fourth-order valence-corrected chi connectivity index (χ4v) is 2.41. The molecule has 0 unspecified atom stereocenters. The quantitative estimate of drug-likeness (QED) is 0.842. The molecule has 0 atom stereocenters. The molecule has 22 heavy (non-hydrogen) atoms. The van der Waals surface area contributed by atoms with Crippen LogP contribution in [0.4, 0.5) is 5.69 Å². The highest BCUT2D eigenvalue weighted by atomic mass is 35.5. The van der Waals surface area contributed by atoms with Gasteiger partial charge in [-0.05, 0) is 30.3 Å². The highest BCUT2D eigenvalue weighted by molar-refractivity contribution is 6.42. The minimum absolute atomic E-state index is 0.279. The summed E-state index contributed by atoms with van der Waals surface area (Å²) >= 11 is 17.8. The topological polar surface area (TPSA) is 47.6 Å². The predicted molar refractivity (Wildman–Crippen MR) is 89.0 cm³/mol. The number of hydrogen-bond donors (Lipinski definition) is 1. The van der Waals surface area contributed by atoms with E-state index in [1.807, 2.05) is 0 Å². The van der Waals surface area contributed by atoms with E-state index in [9.17, 15) is 4.79 Å². The molecule has 0 fully saturated rings. The molecule has 1 amide bonds. The minimum atomic E-state index is -0.360. The van der Waals surface area contributed by atoms with E-state index < -0.39 is 0 Å². The summed E-state index contributed by atoms with van der Waals surface area (Å²) in [5, 5.41) is 3.75. The van der Waals surface area contributed by atoms with Crippen molar-refractivity contribution in [3.63, 3.8) is 0 Å². The van der Waals surface area contributed by atoms with Gasteiger partial charge in [-0.15, -0.1) is 0 Å². The van der Waals surface area contributed by atoms with E-state index in [0.29, 0.717) is 32.8 Å². The average molecular weight is 361 g/mol. The van der Waals surface area contributed by atoms with Crippen molar-refractivity contribution in [2.75, 3.05) is 19.5 Å². The third-order valence-corrected chi connectivity index (χ3v) is 3.89. The van der Waals surface area contributed by atoms with Gasteiger partial charge < -0.3 is 14.8 Å². The number of anilines is 1. The van der Waals surface area contributed by atoms with Crippen LogP contribution in [0.3, 0.4) is 0 Å². The maximum absolute atomic E-state index is 12.3. The zero-order valence-corrected chi connectivity index (χ0v) is 14.0. The average Bonchev–Trinajstić information content (AvgIpc) is 2.50. The van der Waals surface area contributed by atoms with Crippen LogP contribution in [0.25, 0.3) is 0 Å². The highest BCUT2D eigenvalue weighted by Gasteiger charge is 2.15. The van der Waals surface area contributed by atoms with Gasteiger partial charge in [0.1, 0.15) is 0 Å². The number of carbonyl (C=O) groups is 1. The second-order valence-electron chi connectivity index (χ2n) is 4.28. The summed E-state index contributed by atoms with van der Waals surface area (Å²) in [7, 11) is 2.94. The molecule has 0 aliphatic heterocycles. The predicted octanol–water partition coefficient (Wildman–Crippen LogP) is 4.92. The summed E-state index contributed by atoms with van der Waals surface area (Å²) in [4.78, 5) is 12.3. The Balaban J connectivity index is 2.29. The number of rotatable bonds is 4. The highest BCUT2D eigenvalue weighted by Crippen LogP contribution is 2.36. The first-order valence-corrected chi connectivity index (χ1v) is 7.27. The molecule has 0 heterocycles. The Labute approximate surface area is 142 Å². The Morgan fingerprint density at radius 2 is 1.68 bits per heavy atom. The lowest BCUT2D eigenvalue weighted by atomic mass is 10.1. The summed E-state index contributed by atoms with van der Waals surface area (Å²) in [6, 6.07) is 7.84. The zero-order chi connectivity index (χ0) is 16.3. The van der Waals surface area contributed by atoms with Crippen LogP contribution in [0.1, 0.15) is 10.4 Å². The van der Waals surface area contributed by atoms with Gasteiger partial charge in [-0.1, -0.05) is 34.8 Å². The number of nitrogens with one attached hydrogen (secondary N) is 1. The Morgan fingerprint density at radius 1 is 0.955 bits per heavy atom. The largest absolute Gasteiger partial charge is 0.493 e. The standard InChI is InChI=1S/C15H12Cl3NO3/c1-21-13-6-8(5-12(18)14(13)22-2)15(20)19-9-3-4-10(16)11(17)7-9/h3-7H,1-2H3,(H,19,20). The first-order chi connectivity index (χ1) is 10.5. The normalized spacial score (nSPS) is 10.2. The van der Waals surface area contributed by atoms with E-state index in [-0.39, 0.29) is 10.9 Å². The number of carbonyl (C=O) groups excluding carboxylic acids is 1. The second-order valence-corrected chi connectivity index (χ2v) is 5.50. The number of methoxy groups -OCH3 is 2. The van der Waals surface area contributed by atoms with Crippen molar-refractivity contribution in [1.82, 2.24) is 0 Å². The molecular formula is C15H12Cl3NO3. The van der Waals surface area contributed by atoms with Gasteiger partial charge in [0.05, 0.1) is 29.3 Å². The molecule has 0 saturated carbocycles. The van der Waals surface area contributed by atoms with E-state index >= 15 is 0 Å². The number of hydrogen-bond acceptors (Lipinski definition) is 3. The van der Waals surface area contributed by atoms with Crippen LogP contribution < -0.4 is 14.8 Å². The lowest BCUT2D eigenvalue weighted by Crippen LogP contribution is -2.12. The van der Waals surface area contributed by atoms with Crippen molar-refractivity contribution < 1.29 is 14.3 Å². The Bertz CT molecular complexity index is 719. The van der Waals surface area contributed by atoms with E-state index in [1.54, 1.807) is 18.2 Å². The maximum atomic E-state index is 12.3. The zero-order valence-electron chi connectivity index (χ0n) is 11.7. The molecule has 0 bridgehead atoms. The van der Waals surface area contributed by atoms with Crippen molar-refractivity contribution in [2.24, 2.45) is 0 Å². The Hall–Kier alpha value is -1.62. The molecule has 2 rings (SSSR count). The smallest absolute Gasteiger partial charge is 0.255 e. The third-order valence-electron chi connectivity index (χ3n) is 2.87. The van der Waals surface area contributed by atoms with Gasteiger partial charge in [-0.25, -0.2) is 0 Å². The van der Waals surface area contributed by atoms with Crippen LogP contribution in [0, 0.1) is 0 Å². The van der Waals surface area contributed by atoms with Crippen molar-refractivity contribution in [2.45, 2.75) is 0 Å². The first kappa shape index (κ1) is 16.7. The summed E-state index contributed by atoms with van der Waals surface area (Å²) in [5.74, 6) is 0.380. The summed E-state index contributed by atoms with van der Waals surface area (Å²) in [6.07, 6.45) is 0. The van der Waals surface area contributed by atoms with Gasteiger partial charge in [0.25, 0.3) is 5.91 Å². The SMILES string of the molecule is COc1cc(C(=O)Nc2ccc(Cl)c(Cl)c2)cc(Cl)c1OC. The van der Waals surface area contributed by atoms with Crippen molar-refractivity contribution in [1.29, 1.82) is 0 Å². The van der Waals surface area contributed by atoms with Crippen LogP contribution in [0.15, 0.2) is 30.3 Å². The molecule has 2 aromatic rings. The van der Waals surface area contributed by atoms with Crippen molar-refractivity contribution in [3.8, 4) is 11.5 Å². The lowest BCUT2D eigenvalue weighted by Gasteiger charge is -2.12. The second kappa shape index (κ2) is 7.09. The van der Waals surface area contributed by atoms with Crippen molar-refractivity contribution >= 4 is 46.4 Å². The first-order valence-electron chi connectivity index (χ1n) is 6.14. The number of ether oxygens (including phenoxy) is 2. The fourth-order valence-electron chi connectivity index (χ4n) is 1.83. The van der Waals surface area contributed by atoms with E-state index in [0.717, 1.165) is 0 Å². The van der Waals surface area contributed by atoms with Gasteiger partial charge in [0.15, 0.2) is 11.5 Å². The number of amides is 1. The molecular weight excluding hydrogens is 349 g/mol. The Morgan fingerprint density at radius 3 is 2.27 bits per heavy atom. The van der Waals surface area contributed by atoms with Gasteiger partial charge >= 0.3 is 0 Å². The van der Waals surface area contributed by atoms with Crippen LogP contribution in [-0.4, -0.2) is 20.1 Å². The fraction of sp³-hybridized carbons (Fsp3) is 0.133. The molecule has 0 radical (unpaired) electrons. The molecule has 7 heteroatoms. The van der Waals surface area contributed by atoms with Gasteiger partial charge in [-0.3, -0.25) is 4.79 Å². The minimum Gasteiger partial charge on any atom is -0.493 e. The molecule has 0 saturated heterocycles. The third kappa shape index (κ3) is 3.58. The lowest BCUT2D eigenvalue weighted by molar-refractivity contribution is 0.102. The number of benzene rings is 2. The van der Waals surface area contributed by atoms with Gasteiger partial charge in [-0.2, -0.15) is 0 Å². The molecule has 0 spiro atoms. The van der Waals surface area contributed by atoms with Crippen LogP contribution in [-0.2, 0) is 0 Å². The summed E-state index contributed by atoms with van der Waals surface area (Å²) in [6.45, 7) is 0. The molecule has 4 nitrogen and oxygen atoms in total. The van der Waals surface area contributed by atoms with E-state index in [1.165, 1.54) is 26.4 Å². The van der Waals surface area contributed by atoms with Gasteiger partial charge in [0.2, 0.25) is 0 Å². The molecule has 0 aliphatic rings. The number of halogens is 3. The Kier molecular flexibility index (Phi) is 5.40. The van der Waals surface area contributed by atoms with E-state index in [4.69, 9.17) is 44.3 Å². The van der Waals surface area contributed by atoms with E-state index in [2.05, 4.69) is 5.32 Å². The monoisotopic (exact) mass is 359 g/mol. The van der Waals surface area contributed by atoms with Crippen LogP contribution in [0.5, 0.6) is 11.5 Å². The summed E-state index contributed by atoms with van der Waals surface area (Å²) in [5.41, 5.74) is 0.846. The maximum Gasteiger partial charge on any atom is 0.255 e. The summed E-state index contributed by atoms with van der Waals surface area (Å²) < 4.78 is 10.3. The van der Waals surface area contributed by atoms with Crippen molar-refractivity contribution in [3.05, 3.63) is 51.0 Å².